The third-order valence-corrected chi connectivity index (χ3v) is 4.86. The molecule has 1 N–H and O–H groups in total. The van der Waals surface area contributed by atoms with Gasteiger partial charge in [-0.05, 0) is 42.6 Å². The summed E-state index contributed by atoms with van der Waals surface area (Å²) in [7, 11) is 1.73. The summed E-state index contributed by atoms with van der Waals surface area (Å²) in [6.45, 7) is 7.74. The molecule has 2 atom stereocenters. The maximum Gasteiger partial charge on any atom is 0.119 e. The minimum absolute atomic E-state index is 0.390. The van der Waals surface area contributed by atoms with Crippen LogP contribution in [0.1, 0.15) is 64.5 Å². The molecule has 0 radical (unpaired) electrons. The topological polar surface area (TPSA) is 21.3 Å². The summed E-state index contributed by atoms with van der Waals surface area (Å²) in [6.07, 6.45) is 6.39. The van der Waals surface area contributed by atoms with E-state index in [1.165, 1.54) is 42.1 Å². The Labute approximate surface area is 138 Å². The van der Waals surface area contributed by atoms with Crippen molar-refractivity contribution in [3.8, 4) is 5.75 Å². The molecule has 0 spiro atoms. The van der Waals surface area contributed by atoms with Gasteiger partial charge in [0.25, 0.3) is 0 Å². The second-order valence-electron chi connectivity index (χ2n) is 5.65. The lowest BCUT2D eigenvalue weighted by molar-refractivity contribution is 0.355. The summed E-state index contributed by atoms with van der Waals surface area (Å²) in [5.41, 5.74) is 1.31. The van der Waals surface area contributed by atoms with E-state index in [0.717, 1.165) is 18.2 Å². The van der Waals surface area contributed by atoms with Gasteiger partial charge in [-0.1, -0.05) is 62.4 Å². The molecule has 0 amide bonds. The van der Waals surface area contributed by atoms with Gasteiger partial charge in [0.2, 0.25) is 0 Å². The van der Waals surface area contributed by atoms with Crippen LogP contribution >= 0.6 is 15.9 Å². The van der Waals surface area contributed by atoms with Crippen molar-refractivity contribution in [2.45, 2.75) is 58.9 Å². The first kappa shape index (κ1) is 18.5. The average Bonchev–Trinajstić information content (AvgIpc) is 2.51. The molecule has 0 saturated heterocycles. The van der Waals surface area contributed by atoms with E-state index < -0.39 is 0 Å². The van der Waals surface area contributed by atoms with Crippen LogP contribution in [0.25, 0.3) is 0 Å². The minimum atomic E-state index is 0.390. The monoisotopic (exact) mass is 355 g/mol. The Kier molecular flexibility index (Phi) is 9.02. The number of ether oxygens (including phenoxy) is 1. The summed E-state index contributed by atoms with van der Waals surface area (Å²) in [4.78, 5) is 0. The third kappa shape index (κ3) is 5.99. The standard InChI is InChI=1S/C18H30BrNO/c1-5-8-9-14(6-2)12-18(20-7-3)16-13-15(21-4)10-11-17(16)19/h10-11,13-14,18,20H,5-9,12H2,1-4H3. The van der Waals surface area contributed by atoms with E-state index in [4.69, 9.17) is 4.74 Å². The summed E-state index contributed by atoms with van der Waals surface area (Å²) in [5, 5.41) is 3.65. The van der Waals surface area contributed by atoms with Gasteiger partial charge in [0, 0.05) is 10.5 Å². The molecule has 21 heavy (non-hydrogen) atoms. The average molecular weight is 356 g/mol. The Balaban J connectivity index is 2.89. The quantitative estimate of drug-likeness (QED) is 0.579. The summed E-state index contributed by atoms with van der Waals surface area (Å²) in [6, 6.07) is 6.64. The number of methoxy groups -OCH3 is 1. The Bertz CT molecular complexity index is 408. The molecule has 1 aromatic rings. The van der Waals surface area contributed by atoms with Crippen LogP contribution in [0.4, 0.5) is 0 Å². The molecule has 0 heterocycles. The van der Waals surface area contributed by atoms with Gasteiger partial charge in [-0.25, -0.2) is 0 Å². The summed E-state index contributed by atoms with van der Waals surface area (Å²) in [5.74, 6) is 1.71. The first-order valence-electron chi connectivity index (χ1n) is 8.22. The molecular weight excluding hydrogens is 326 g/mol. The Morgan fingerprint density at radius 3 is 2.57 bits per heavy atom. The fourth-order valence-corrected chi connectivity index (χ4v) is 3.32. The number of hydrogen-bond acceptors (Lipinski definition) is 2. The maximum absolute atomic E-state index is 5.39. The summed E-state index contributed by atoms with van der Waals surface area (Å²) >= 11 is 3.70. The van der Waals surface area contributed by atoms with Crippen molar-refractivity contribution in [2.24, 2.45) is 5.92 Å². The van der Waals surface area contributed by atoms with Gasteiger partial charge in [0.05, 0.1) is 7.11 Å². The maximum atomic E-state index is 5.39. The van der Waals surface area contributed by atoms with Crippen LogP contribution in [0.3, 0.4) is 0 Å². The lowest BCUT2D eigenvalue weighted by Crippen LogP contribution is -2.24. The normalized spacial score (nSPS) is 14.0. The van der Waals surface area contributed by atoms with Gasteiger partial charge in [0.1, 0.15) is 5.75 Å². The molecule has 2 unspecified atom stereocenters. The number of unbranched alkanes of at least 4 members (excludes halogenated alkanes) is 1. The van der Waals surface area contributed by atoms with Crippen LogP contribution < -0.4 is 10.1 Å². The molecule has 0 bridgehead atoms. The molecule has 2 nitrogen and oxygen atoms in total. The van der Waals surface area contributed by atoms with Crippen molar-refractivity contribution < 1.29 is 4.74 Å². The largest absolute Gasteiger partial charge is 0.497 e. The van der Waals surface area contributed by atoms with E-state index in [1.807, 2.05) is 6.07 Å². The van der Waals surface area contributed by atoms with Crippen molar-refractivity contribution in [1.82, 2.24) is 5.32 Å². The van der Waals surface area contributed by atoms with Crippen LogP contribution in [-0.4, -0.2) is 13.7 Å². The van der Waals surface area contributed by atoms with Crippen molar-refractivity contribution in [3.63, 3.8) is 0 Å². The lowest BCUT2D eigenvalue weighted by Gasteiger charge is -2.25. The first-order valence-corrected chi connectivity index (χ1v) is 9.02. The zero-order valence-electron chi connectivity index (χ0n) is 13.9. The van der Waals surface area contributed by atoms with Crippen molar-refractivity contribution in [2.75, 3.05) is 13.7 Å². The first-order chi connectivity index (χ1) is 10.2. The zero-order valence-corrected chi connectivity index (χ0v) is 15.5. The van der Waals surface area contributed by atoms with Gasteiger partial charge in [-0.3, -0.25) is 0 Å². The Morgan fingerprint density at radius 2 is 2.00 bits per heavy atom. The highest BCUT2D eigenvalue weighted by Gasteiger charge is 2.19. The molecule has 1 rings (SSSR count). The fraction of sp³-hybridized carbons (Fsp3) is 0.667. The second kappa shape index (κ2) is 10.2. The Hall–Kier alpha value is -0.540. The Morgan fingerprint density at radius 1 is 1.24 bits per heavy atom. The molecule has 1 aromatic carbocycles. The minimum Gasteiger partial charge on any atom is -0.497 e. The van der Waals surface area contributed by atoms with E-state index in [-0.39, 0.29) is 0 Å². The molecule has 0 saturated carbocycles. The smallest absolute Gasteiger partial charge is 0.119 e. The van der Waals surface area contributed by atoms with Gasteiger partial charge in [-0.15, -0.1) is 0 Å². The number of rotatable bonds is 10. The van der Waals surface area contributed by atoms with Crippen LogP contribution in [-0.2, 0) is 0 Å². The van der Waals surface area contributed by atoms with E-state index in [2.05, 4.69) is 54.2 Å². The van der Waals surface area contributed by atoms with E-state index >= 15 is 0 Å². The highest BCUT2D eigenvalue weighted by Crippen LogP contribution is 2.33. The predicted molar refractivity (Wildman–Crippen MR) is 95.0 cm³/mol. The molecule has 0 aromatic heterocycles. The fourth-order valence-electron chi connectivity index (χ4n) is 2.80. The molecule has 0 fully saturated rings. The van der Waals surface area contributed by atoms with Crippen molar-refractivity contribution in [3.05, 3.63) is 28.2 Å². The number of benzene rings is 1. The van der Waals surface area contributed by atoms with Crippen LogP contribution in [0.5, 0.6) is 5.75 Å². The molecule has 0 aliphatic carbocycles. The van der Waals surface area contributed by atoms with Gasteiger partial charge >= 0.3 is 0 Å². The van der Waals surface area contributed by atoms with E-state index in [1.54, 1.807) is 7.11 Å². The van der Waals surface area contributed by atoms with Crippen LogP contribution in [0.2, 0.25) is 0 Å². The number of halogens is 1. The molecule has 3 heteroatoms. The van der Waals surface area contributed by atoms with Gasteiger partial charge < -0.3 is 10.1 Å². The van der Waals surface area contributed by atoms with Crippen LogP contribution in [0.15, 0.2) is 22.7 Å². The molecule has 120 valence electrons. The zero-order chi connectivity index (χ0) is 15.7. The number of hydrogen-bond donors (Lipinski definition) is 1. The van der Waals surface area contributed by atoms with E-state index in [0.29, 0.717) is 6.04 Å². The SMILES string of the molecule is CCCCC(CC)CC(NCC)c1cc(OC)ccc1Br. The molecular formula is C18H30BrNO. The van der Waals surface area contributed by atoms with Gasteiger partial charge in [-0.2, -0.15) is 0 Å². The second-order valence-corrected chi connectivity index (χ2v) is 6.50. The van der Waals surface area contributed by atoms with Crippen molar-refractivity contribution in [1.29, 1.82) is 0 Å². The van der Waals surface area contributed by atoms with Crippen molar-refractivity contribution >= 4 is 15.9 Å². The predicted octanol–water partition coefficient (Wildman–Crippen LogP) is 5.71. The third-order valence-electron chi connectivity index (χ3n) is 4.14. The highest BCUT2D eigenvalue weighted by molar-refractivity contribution is 9.10. The van der Waals surface area contributed by atoms with E-state index in [9.17, 15) is 0 Å². The van der Waals surface area contributed by atoms with Gasteiger partial charge in [0.15, 0.2) is 0 Å². The summed E-state index contributed by atoms with van der Waals surface area (Å²) < 4.78 is 6.55. The molecule has 0 aliphatic heterocycles. The molecule has 0 aliphatic rings. The number of nitrogens with one attached hydrogen (secondary N) is 1. The van der Waals surface area contributed by atoms with Crippen LogP contribution in [0, 0.1) is 5.92 Å². The lowest BCUT2D eigenvalue weighted by atomic mass is 9.89. The highest BCUT2D eigenvalue weighted by atomic mass is 79.9.